The summed E-state index contributed by atoms with van der Waals surface area (Å²) in [5.41, 5.74) is 5.80. The van der Waals surface area contributed by atoms with Crippen LogP contribution < -0.4 is 5.73 Å². The lowest BCUT2D eigenvalue weighted by molar-refractivity contribution is -0.132. The largest absolute Gasteiger partial charge is 0.335 e. The molecule has 1 amide bonds. The predicted molar refractivity (Wildman–Crippen MR) is 77.5 cm³/mol. The summed E-state index contributed by atoms with van der Waals surface area (Å²) in [6, 6.07) is 3.74. The Hall–Kier alpha value is -1.49. The van der Waals surface area contributed by atoms with Crippen molar-refractivity contribution in [3.63, 3.8) is 0 Å². The number of nitrogens with two attached hydrogens (primary N) is 1. The molecule has 0 aliphatic heterocycles. The number of amides is 1. The topological polar surface area (TPSA) is 46.3 Å². The van der Waals surface area contributed by atoms with Gasteiger partial charge in [-0.3, -0.25) is 4.79 Å². The molecule has 21 heavy (non-hydrogen) atoms. The van der Waals surface area contributed by atoms with Crippen LogP contribution in [-0.2, 0) is 11.3 Å². The maximum Gasteiger partial charge on any atom is 0.223 e. The Labute approximate surface area is 124 Å². The molecule has 0 heterocycles. The monoisotopic (exact) mass is 296 g/mol. The van der Waals surface area contributed by atoms with Crippen LogP contribution >= 0.6 is 0 Å². The molecule has 0 atom stereocenters. The number of carbonyl (C=O) groups is 1. The minimum Gasteiger partial charge on any atom is -0.335 e. The van der Waals surface area contributed by atoms with E-state index in [4.69, 9.17) is 5.73 Å². The zero-order valence-electron chi connectivity index (χ0n) is 12.2. The van der Waals surface area contributed by atoms with Crippen molar-refractivity contribution in [2.75, 3.05) is 6.54 Å². The van der Waals surface area contributed by atoms with Crippen LogP contribution in [0.2, 0.25) is 0 Å². The summed E-state index contributed by atoms with van der Waals surface area (Å²) in [6.07, 6.45) is 5.08. The van der Waals surface area contributed by atoms with Gasteiger partial charge >= 0.3 is 0 Å². The summed E-state index contributed by atoms with van der Waals surface area (Å²) in [5, 5.41) is 0. The number of hydrogen-bond acceptors (Lipinski definition) is 2. The Morgan fingerprint density at radius 3 is 2.62 bits per heavy atom. The lowest BCUT2D eigenvalue weighted by atomic mass is 10.1. The van der Waals surface area contributed by atoms with Gasteiger partial charge in [-0.05, 0) is 38.3 Å². The number of rotatable bonds is 8. The molecule has 0 radical (unpaired) electrons. The van der Waals surface area contributed by atoms with Crippen molar-refractivity contribution in [2.24, 2.45) is 5.73 Å². The average molecular weight is 296 g/mol. The molecule has 0 unspecified atom stereocenters. The van der Waals surface area contributed by atoms with Crippen molar-refractivity contribution in [1.82, 2.24) is 4.90 Å². The van der Waals surface area contributed by atoms with Crippen LogP contribution in [0.5, 0.6) is 0 Å². The van der Waals surface area contributed by atoms with Crippen molar-refractivity contribution in [1.29, 1.82) is 0 Å². The Kier molecular flexibility index (Phi) is 5.67. The van der Waals surface area contributed by atoms with E-state index in [1.807, 2.05) is 0 Å². The van der Waals surface area contributed by atoms with Gasteiger partial charge in [0.25, 0.3) is 0 Å². The molecule has 0 saturated heterocycles. The molecule has 1 aromatic carbocycles. The fourth-order valence-electron chi connectivity index (χ4n) is 2.38. The van der Waals surface area contributed by atoms with Gasteiger partial charge in [0.15, 0.2) is 0 Å². The molecular formula is C16H22F2N2O. The van der Waals surface area contributed by atoms with E-state index < -0.39 is 11.6 Å². The van der Waals surface area contributed by atoms with Crippen molar-refractivity contribution in [2.45, 2.75) is 51.1 Å². The number of carbonyl (C=O) groups excluding carboxylic acids is 1. The Morgan fingerprint density at radius 1 is 1.24 bits per heavy atom. The van der Waals surface area contributed by atoms with Gasteiger partial charge in [-0.15, -0.1) is 0 Å². The fourth-order valence-corrected chi connectivity index (χ4v) is 2.38. The van der Waals surface area contributed by atoms with Gasteiger partial charge in [0, 0.05) is 30.6 Å². The van der Waals surface area contributed by atoms with E-state index in [1.54, 1.807) is 4.90 Å². The average Bonchev–Trinajstić information content (AvgIpc) is 3.27. The highest BCUT2D eigenvalue weighted by atomic mass is 19.1. The lowest BCUT2D eigenvalue weighted by Crippen LogP contribution is -2.32. The van der Waals surface area contributed by atoms with Crippen LogP contribution in [0, 0.1) is 11.6 Å². The molecular weight excluding hydrogens is 274 g/mol. The predicted octanol–water partition coefficient (Wildman–Crippen LogP) is 2.97. The normalized spacial score (nSPS) is 14.2. The van der Waals surface area contributed by atoms with Gasteiger partial charge in [0.05, 0.1) is 0 Å². The first kappa shape index (κ1) is 15.9. The summed E-state index contributed by atoms with van der Waals surface area (Å²) in [6.45, 7) is 0.869. The third-order valence-corrected chi connectivity index (χ3v) is 3.76. The second-order valence-electron chi connectivity index (χ2n) is 5.59. The van der Waals surface area contributed by atoms with Gasteiger partial charge in [0.1, 0.15) is 11.6 Å². The maximum absolute atomic E-state index is 13.7. The van der Waals surface area contributed by atoms with Gasteiger partial charge in [-0.2, -0.15) is 0 Å². The van der Waals surface area contributed by atoms with E-state index in [0.717, 1.165) is 38.2 Å². The molecule has 5 heteroatoms. The molecule has 116 valence electrons. The second kappa shape index (κ2) is 7.50. The molecule has 0 aromatic heterocycles. The standard InChI is InChI=1S/C16H22F2N2O/c17-13-6-5-12(15(18)10-13)11-20(14-7-8-14)16(21)4-2-1-3-9-19/h5-6,10,14H,1-4,7-9,11,19H2. The smallest absolute Gasteiger partial charge is 0.223 e. The SMILES string of the molecule is NCCCCCC(=O)N(Cc1ccc(F)cc1F)C1CC1. The van der Waals surface area contributed by atoms with E-state index in [2.05, 4.69) is 0 Å². The first-order valence-electron chi connectivity index (χ1n) is 7.55. The lowest BCUT2D eigenvalue weighted by Gasteiger charge is -2.23. The van der Waals surface area contributed by atoms with Gasteiger partial charge in [-0.1, -0.05) is 12.5 Å². The first-order chi connectivity index (χ1) is 10.1. The Morgan fingerprint density at radius 2 is 2.00 bits per heavy atom. The summed E-state index contributed by atoms with van der Waals surface area (Å²) in [4.78, 5) is 14.0. The summed E-state index contributed by atoms with van der Waals surface area (Å²) in [7, 11) is 0. The maximum atomic E-state index is 13.7. The zero-order valence-corrected chi connectivity index (χ0v) is 12.2. The number of benzene rings is 1. The van der Waals surface area contributed by atoms with Crippen molar-refractivity contribution < 1.29 is 13.6 Å². The van der Waals surface area contributed by atoms with Crippen molar-refractivity contribution in [3.8, 4) is 0 Å². The van der Waals surface area contributed by atoms with Gasteiger partial charge < -0.3 is 10.6 Å². The van der Waals surface area contributed by atoms with Gasteiger partial charge in [0.2, 0.25) is 5.91 Å². The fraction of sp³-hybridized carbons (Fsp3) is 0.562. The molecule has 1 aromatic rings. The molecule has 0 spiro atoms. The molecule has 1 aliphatic carbocycles. The molecule has 1 fully saturated rings. The Balaban J connectivity index is 1.94. The minimum atomic E-state index is -0.595. The first-order valence-corrected chi connectivity index (χ1v) is 7.55. The van der Waals surface area contributed by atoms with Gasteiger partial charge in [-0.25, -0.2) is 8.78 Å². The van der Waals surface area contributed by atoms with E-state index in [1.165, 1.54) is 12.1 Å². The number of unbranched alkanes of at least 4 members (excludes halogenated alkanes) is 2. The number of hydrogen-bond donors (Lipinski definition) is 1. The Bertz CT molecular complexity index is 489. The summed E-state index contributed by atoms with van der Waals surface area (Å²) >= 11 is 0. The zero-order chi connectivity index (χ0) is 15.2. The quantitative estimate of drug-likeness (QED) is 0.750. The third-order valence-electron chi connectivity index (χ3n) is 3.76. The van der Waals surface area contributed by atoms with E-state index in [9.17, 15) is 13.6 Å². The molecule has 1 saturated carbocycles. The van der Waals surface area contributed by atoms with Crippen LogP contribution in [0.1, 0.15) is 44.1 Å². The third kappa shape index (κ3) is 4.77. The van der Waals surface area contributed by atoms with Crippen LogP contribution in [0.25, 0.3) is 0 Å². The molecule has 2 rings (SSSR count). The summed E-state index contributed by atoms with van der Waals surface area (Å²) < 4.78 is 26.6. The van der Waals surface area contributed by atoms with Crippen molar-refractivity contribution >= 4 is 5.91 Å². The van der Waals surface area contributed by atoms with E-state index in [0.29, 0.717) is 18.5 Å². The molecule has 1 aliphatic rings. The van der Waals surface area contributed by atoms with Crippen LogP contribution in [0.3, 0.4) is 0 Å². The number of nitrogens with zero attached hydrogens (tertiary/aromatic N) is 1. The highest BCUT2D eigenvalue weighted by Gasteiger charge is 2.32. The van der Waals surface area contributed by atoms with Crippen LogP contribution in [-0.4, -0.2) is 23.4 Å². The van der Waals surface area contributed by atoms with E-state index in [-0.39, 0.29) is 18.5 Å². The van der Waals surface area contributed by atoms with Crippen molar-refractivity contribution in [3.05, 3.63) is 35.4 Å². The number of halogens is 2. The highest BCUT2D eigenvalue weighted by molar-refractivity contribution is 5.76. The van der Waals surface area contributed by atoms with E-state index >= 15 is 0 Å². The molecule has 3 nitrogen and oxygen atoms in total. The molecule has 2 N–H and O–H groups in total. The van der Waals surface area contributed by atoms with Crippen LogP contribution in [0.15, 0.2) is 18.2 Å². The minimum absolute atomic E-state index is 0.0539. The second-order valence-corrected chi connectivity index (χ2v) is 5.59. The summed E-state index contributed by atoms with van der Waals surface area (Å²) in [5.74, 6) is -1.13. The van der Waals surface area contributed by atoms with Crippen LogP contribution in [0.4, 0.5) is 8.78 Å². The molecule has 0 bridgehead atoms. The highest BCUT2D eigenvalue weighted by Crippen LogP contribution is 2.29.